The van der Waals surface area contributed by atoms with Crippen LogP contribution in [0, 0.1) is 0 Å². The lowest BCUT2D eigenvalue weighted by atomic mass is 9.93. The van der Waals surface area contributed by atoms with Crippen molar-refractivity contribution in [3.63, 3.8) is 0 Å². The molecular weight excluding hydrogens is 397 g/mol. The van der Waals surface area contributed by atoms with Crippen molar-refractivity contribution < 1.29 is 22.7 Å². The first-order chi connectivity index (χ1) is 14.3. The maximum absolute atomic E-state index is 12.6. The Hall–Kier alpha value is -3.33. The van der Waals surface area contributed by atoms with E-state index >= 15 is 0 Å². The molecule has 2 heterocycles. The zero-order chi connectivity index (χ0) is 21.3. The number of hydrogen-bond acceptors (Lipinski definition) is 5. The van der Waals surface area contributed by atoms with Crippen molar-refractivity contribution >= 4 is 22.5 Å². The van der Waals surface area contributed by atoms with Crippen molar-refractivity contribution in [3.8, 4) is 5.75 Å². The van der Waals surface area contributed by atoms with Crippen LogP contribution in [0.2, 0.25) is 0 Å². The SMILES string of the molecule is NC(=O)c1ccc(N[C@@H]2CNC[C@H]2c2cccc(OC(F)(F)F)c2)c2cccnc12. The molecule has 30 heavy (non-hydrogen) atoms. The lowest BCUT2D eigenvalue weighted by Gasteiger charge is -2.23. The first kappa shape index (κ1) is 20.0. The number of rotatable bonds is 5. The van der Waals surface area contributed by atoms with Crippen molar-refractivity contribution in [1.82, 2.24) is 10.3 Å². The average Bonchev–Trinajstić information content (AvgIpc) is 3.15. The van der Waals surface area contributed by atoms with Crippen LogP contribution in [0.15, 0.2) is 54.7 Å². The van der Waals surface area contributed by atoms with Crippen molar-refractivity contribution in [2.75, 3.05) is 18.4 Å². The third kappa shape index (κ3) is 4.16. The molecule has 2 aromatic carbocycles. The van der Waals surface area contributed by atoms with Gasteiger partial charge in [0.15, 0.2) is 0 Å². The molecule has 0 aliphatic carbocycles. The predicted molar refractivity (Wildman–Crippen MR) is 106 cm³/mol. The van der Waals surface area contributed by atoms with Crippen LogP contribution in [0.3, 0.4) is 0 Å². The third-order valence-electron chi connectivity index (χ3n) is 5.11. The first-order valence-electron chi connectivity index (χ1n) is 9.32. The second kappa shape index (κ2) is 7.83. The predicted octanol–water partition coefficient (Wildman–Crippen LogP) is 3.40. The number of alkyl halides is 3. The van der Waals surface area contributed by atoms with Crippen LogP contribution < -0.4 is 21.1 Å². The molecule has 0 bridgehead atoms. The van der Waals surface area contributed by atoms with E-state index in [2.05, 4.69) is 20.4 Å². The van der Waals surface area contributed by atoms with E-state index in [0.29, 0.717) is 24.2 Å². The largest absolute Gasteiger partial charge is 0.573 e. The molecule has 0 unspecified atom stereocenters. The summed E-state index contributed by atoms with van der Waals surface area (Å²) < 4.78 is 41.8. The number of nitrogens with zero attached hydrogens (tertiary/aromatic N) is 1. The molecule has 156 valence electrons. The Labute approximate surface area is 170 Å². The van der Waals surface area contributed by atoms with Gasteiger partial charge < -0.3 is 21.1 Å². The fraction of sp³-hybridized carbons (Fsp3) is 0.238. The van der Waals surface area contributed by atoms with E-state index in [4.69, 9.17) is 5.73 Å². The number of nitrogens with two attached hydrogens (primary N) is 1. The molecule has 2 atom stereocenters. The van der Waals surface area contributed by atoms with E-state index in [1.165, 1.54) is 12.1 Å². The van der Waals surface area contributed by atoms with Crippen molar-refractivity contribution in [2.45, 2.75) is 18.3 Å². The molecule has 0 spiro atoms. The number of benzene rings is 2. The number of nitrogens with one attached hydrogen (secondary N) is 2. The topological polar surface area (TPSA) is 89.3 Å². The monoisotopic (exact) mass is 416 g/mol. The molecule has 1 amide bonds. The molecule has 1 aliphatic heterocycles. The van der Waals surface area contributed by atoms with Gasteiger partial charge in [-0.3, -0.25) is 9.78 Å². The Kier molecular flexibility index (Phi) is 5.21. The number of carbonyl (C=O) groups is 1. The maximum Gasteiger partial charge on any atom is 0.573 e. The van der Waals surface area contributed by atoms with Gasteiger partial charge in [0.1, 0.15) is 5.75 Å². The number of carbonyl (C=O) groups excluding carboxylic acids is 1. The lowest BCUT2D eigenvalue weighted by Crippen LogP contribution is -2.27. The van der Waals surface area contributed by atoms with E-state index in [-0.39, 0.29) is 17.7 Å². The smallest absolute Gasteiger partial charge is 0.406 e. The lowest BCUT2D eigenvalue weighted by molar-refractivity contribution is -0.274. The molecule has 1 fully saturated rings. The van der Waals surface area contributed by atoms with Crippen LogP contribution in [0.4, 0.5) is 18.9 Å². The summed E-state index contributed by atoms with van der Waals surface area (Å²) in [7, 11) is 0. The van der Waals surface area contributed by atoms with Gasteiger partial charge in [0, 0.05) is 42.3 Å². The quantitative estimate of drug-likeness (QED) is 0.593. The Morgan fingerprint density at radius 2 is 2.00 bits per heavy atom. The highest BCUT2D eigenvalue weighted by Gasteiger charge is 2.33. The highest BCUT2D eigenvalue weighted by molar-refractivity contribution is 6.08. The van der Waals surface area contributed by atoms with E-state index in [0.717, 1.165) is 16.6 Å². The average molecular weight is 416 g/mol. The van der Waals surface area contributed by atoms with Gasteiger partial charge in [0.2, 0.25) is 0 Å². The van der Waals surface area contributed by atoms with Gasteiger partial charge in [0.25, 0.3) is 5.91 Å². The number of anilines is 1. The molecule has 9 heteroatoms. The highest BCUT2D eigenvalue weighted by Crippen LogP contribution is 2.32. The van der Waals surface area contributed by atoms with Gasteiger partial charge in [-0.05, 0) is 42.0 Å². The van der Waals surface area contributed by atoms with Crippen LogP contribution in [0.1, 0.15) is 21.8 Å². The number of ether oxygens (including phenoxy) is 1. The molecule has 1 saturated heterocycles. The van der Waals surface area contributed by atoms with E-state index in [1.54, 1.807) is 36.5 Å². The molecule has 3 aromatic rings. The number of pyridine rings is 1. The standard InChI is InChI=1S/C21H19F3N4O2/c22-21(23,24)30-13-4-1-3-12(9-13)16-10-26-11-18(16)28-17-7-6-15(20(25)29)19-14(17)5-2-8-27-19/h1-9,16,18,26,28H,10-11H2,(H2,25,29)/t16-,18+/m0/s1. The third-order valence-corrected chi connectivity index (χ3v) is 5.11. The minimum atomic E-state index is -4.74. The normalized spacial score (nSPS) is 19.0. The Morgan fingerprint density at radius 1 is 1.17 bits per heavy atom. The summed E-state index contributed by atoms with van der Waals surface area (Å²) in [6.45, 7) is 1.22. The van der Waals surface area contributed by atoms with Gasteiger partial charge in [-0.25, -0.2) is 0 Å². The van der Waals surface area contributed by atoms with Crippen LogP contribution in [-0.4, -0.2) is 36.4 Å². The van der Waals surface area contributed by atoms with Crippen LogP contribution in [0.25, 0.3) is 10.9 Å². The van der Waals surface area contributed by atoms with Gasteiger partial charge in [-0.2, -0.15) is 0 Å². The second-order valence-corrected chi connectivity index (χ2v) is 7.06. The summed E-state index contributed by atoms with van der Waals surface area (Å²) in [6, 6.07) is 12.9. The van der Waals surface area contributed by atoms with E-state index < -0.39 is 12.3 Å². The molecule has 1 aliphatic rings. The molecule has 4 rings (SSSR count). The Bertz CT molecular complexity index is 1090. The summed E-state index contributed by atoms with van der Waals surface area (Å²) >= 11 is 0. The highest BCUT2D eigenvalue weighted by atomic mass is 19.4. The summed E-state index contributed by atoms with van der Waals surface area (Å²) in [5.74, 6) is -0.887. The van der Waals surface area contributed by atoms with Crippen molar-refractivity contribution in [3.05, 3.63) is 65.9 Å². The van der Waals surface area contributed by atoms with E-state index in [1.807, 2.05) is 6.07 Å². The summed E-state index contributed by atoms with van der Waals surface area (Å²) in [6.07, 6.45) is -3.15. The minimum Gasteiger partial charge on any atom is -0.406 e. The number of amides is 1. The Balaban J connectivity index is 1.62. The van der Waals surface area contributed by atoms with Gasteiger partial charge in [0.05, 0.1) is 11.1 Å². The van der Waals surface area contributed by atoms with Crippen LogP contribution in [0.5, 0.6) is 5.75 Å². The van der Waals surface area contributed by atoms with Crippen LogP contribution >= 0.6 is 0 Å². The maximum atomic E-state index is 12.6. The number of halogens is 3. The van der Waals surface area contributed by atoms with Gasteiger partial charge in [-0.15, -0.1) is 13.2 Å². The number of hydrogen-bond donors (Lipinski definition) is 3. The van der Waals surface area contributed by atoms with Gasteiger partial charge >= 0.3 is 6.36 Å². The van der Waals surface area contributed by atoms with Crippen LogP contribution in [-0.2, 0) is 0 Å². The number of primary amides is 1. The molecule has 0 saturated carbocycles. The second-order valence-electron chi connectivity index (χ2n) is 7.06. The zero-order valence-corrected chi connectivity index (χ0v) is 15.7. The van der Waals surface area contributed by atoms with E-state index in [9.17, 15) is 18.0 Å². The van der Waals surface area contributed by atoms with Gasteiger partial charge in [-0.1, -0.05) is 12.1 Å². The molecule has 1 aromatic heterocycles. The molecule has 0 radical (unpaired) electrons. The fourth-order valence-corrected chi connectivity index (χ4v) is 3.82. The minimum absolute atomic E-state index is 0.0793. The Morgan fingerprint density at radius 3 is 2.77 bits per heavy atom. The number of fused-ring (bicyclic) bond motifs is 1. The molecule has 4 N–H and O–H groups in total. The summed E-state index contributed by atoms with van der Waals surface area (Å²) in [5, 5.41) is 7.46. The summed E-state index contributed by atoms with van der Waals surface area (Å²) in [5.41, 5.74) is 7.77. The molecule has 6 nitrogen and oxygen atoms in total. The van der Waals surface area contributed by atoms with Crippen molar-refractivity contribution in [1.29, 1.82) is 0 Å². The zero-order valence-electron chi connectivity index (χ0n) is 15.7. The van der Waals surface area contributed by atoms with Crippen molar-refractivity contribution in [2.24, 2.45) is 5.73 Å². The number of aromatic nitrogens is 1. The summed E-state index contributed by atoms with van der Waals surface area (Å²) in [4.78, 5) is 16.0. The first-order valence-corrected chi connectivity index (χ1v) is 9.32. The fourth-order valence-electron chi connectivity index (χ4n) is 3.82. The molecular formula is C21H19F3N4O2.